The summed E-state index contributed by atoms with van der Waals surface area (Å²) < 4.78 is 1.71. The zero-order valence-electron chi connectivity index (χ0n) is 9.09. The highest BCUT2D eigenvalue weighted by Gasteiger charge is 2.18. The lowest BCUT2D eigenvalue weighted by Gasteiger charge is -2.15. The van der Waals surface area contributed by atoms with E-state index in [2.05, 4.69) is 10.4 Å². The maximum absolute atomic E-state index is 10.7. The van der Waals surface area contributed by atoms with E-state index < -0.39 is 12.0 Å². The molecule has 0 fully saturated rings. The molecule has 0 saturated heterocycles. The zero-order chi connectivity index (χ0) is 12.0. The number of nitrogens with zero attached hydrogens (tertiary/aromatic N) is 2. The molecule has 88 valence electrons. The maximum atomic E-state index is 10.7. The molecule has 0 unspecified atom stereocenters. The first-order chi connectivity index (χ1) is 7.69. The van der Waals surface area contributed by atoms with Crippen molar-refractivity contribution in [2.45, 2.75) is 32.4 Å². The van der Waals surface area contributed by atoms with Gasteiger partial charge in [-0.15, -0.1) is 0 Å². The molecule has 6 nitrogen and oxygen atoms in total. The van der Waals surface area contributed by atoms with E-state index in [1.165, 1.54) is 0 Å². The number of carboxylic acid groups (broad SMARTS) is 1. The van der Waals surface area contributed by atoms with Crippen molar-refractivity contribution in [2.24, 2.45) is 0 Å². The zero-order valence-corrected chi connectivity index (χ0v) is 9.09. The number of rotatable bonds is 7. The van der Waals surface area contributed by atoms with Gasteiger partial charge in [-0.25, -0.2) is 0 Å². The quantitative estimate of drug-likeness (QED) is 0.664. The number of hydrogen-bond acceptors (Lipinski definition) is 3. The van der Waals surface area contributed by atoms with Crippen LogP contribution in [-0.4, -0.2) is 27.3 Å². The highest BCUT2D eigenvalue weighted by molar-refractivity contribution is 5.68. The van der Waals surface area contributed by atoms with E-state index >= 15 is 0 Å². The largest absolute Gasteiger partial charge is 0.481 e. The average Bonchev–Trinajstić information content (AvgIpc) is 2.65. The lowest BCUT2D eigenvalue weighted by molar-refractivity contribution is -0.137. The Hall–Kier alpha value is -1.85. The Bertz CT molecular complexity index is 362. The third kappa shape index (κ3) is 3.08. The highest BCUT2D eigenvalue weighted by atomic mass is 16.4. The molecule has 0 aliphatic carbocycles. The predicted molar refractivity (Wildman–Crippen MR) is 56.7 cm³/mol. The van der Waals surface area contributed by atoms with Crippen LogP contribution in [0.15, 0.2) is 12.3 Å². The van der Waals surface area contributed by atoms with Gasteiger partial charge in [0.2, 0.25) is 6.41 Å². The van der Waals surface area contributed by atoms with E-state index in [4.69, 9.17) is 5.11 Å². The second kappa shape index (κ2) is 5.89. The summed E-state index contributed by atoms with van der Waals surface area (Å²) in [6, 6.07) is 1.20. The van der Waals surface area contributed by atoms with Crippen LogP contribution in [0, 0.1) is 0 Å². The van der Waals surface area contributed by atoms with Crippen LogP contribution in [0.1, 0.15) is 31.5 Å². The summed E-state index contributed by atoms with van der Waals surface area (Å²) in [5.41, 5.74) is 0.719. The number of aromatic nitrogens is 2. The van der Waals surface area contributed by atoms with Crippen molar-refractivity contribution in [2.75, 3.05) is 0 Å². The van der Waals surface area contributed by atoms with Gasteiger partial charge in [-0.2, -0.15) is 5.10 Å². The van der Waals surface area contributed by atoms with Crippen LogP contribution in [0.2, 0.25) is 0 Å². The molecule has 0 saturated carbocycles. The van der Waals surface area contributed by atoms with Gasteiger partial charge >= 0.3 is 5.97 Å². The number of amides is 1. The molecule has 1 rings (SSSR count). The summed E-state index contributed by atoms with van der Waals surface area (Å²) in [6.45, 7) is 2.71. The van der Waals surface area contributed by atoms with Crippen molar-refractivity contribution in [3.05, 3.63) is 18.0 Å². The van der Waals surface area contributed by atoms with E-state index in [1.54, 1.807) is 16.9 Å². The van der Waals surface area contributed by atoms with Crippen molar-refractivity contribution >= 4 is 12.4 Å². The second-order valence-electron chi connectivity index (χ2n) is 3.41. The second-order valence-corrected chi connectivity index (χ2v) is 3.41. The molecule has 0 bridgehead atoms. The summed E-state index contributed by atoms with van der Waals surface area (Å²) in [7, 11) is 0. The van der Waals surface area contributed by atoms with Gasteiger partial charge in [0.1, 0.15) is 0 Å². The average molecular weight is 225 g/mol. The number of carbonyl (C=O) groups excluding carboxylic acids is 1. The molecule has 1 aromatic heterocycles. The van der Waals surface area contributed by atoms with Gasteiger partial charge in [-0.3, -0.25) is 14.3 Å². The van der Waals surface area contributed by atoms with Crippen molar-refractivity contribution < 1.29 is 14.7 Å². The standard InChI is InChI=1S/C10H15N3O3/c1-2-5-13-9(3-4-12-13)8(11-7-14)6-10(15)16/h3-4,7-8H,2,5-6H2,1H3,(H,11,14)(H,15,16)/t8-/m1/s1. The molecule has 1 amide bonds. The van der Waals surface area contributed by atoms with Crippen molar-refractivity contribution in [3.63, 3.8) is 0 Å². The number of aliphatic carboxylic acids is 1. The van der Waals surface area contributed by atoms with E-state index in [0.29, 0.717) is 13.0 Å². The Labute approximate surface area is 93.3 Å². The molecule has 2 N–H and O–H groups in total. The molecule has 16 heavy (non-hydrogen) atoms. The number of nitrogens with one attached hydrogen (secondary N) is 1. The first kappa shape index (κ1) is 12.2. The normalized spacial score (nSPS) is 12.1. The van der Waals surface area contributed by atoms with Gasteiger partial charge in [0.05, 0.1) is 18.2 Å². The number of aryl methyl sites for hydroxylation is 1. The Morgan fingerprint density at radius 3 is 3.06 bits per heavy atom. The minimum atomic E-state index is -0.955. The number of carbonyl (C=O) groups is 2. The molecule has 1 heterocycles. The number of carboxylic acids is 1. The van der Waals surface area contributed by atoms with Crippen molar-refractivity contribution in [1.82, 2.24) is 15.1 Å². The van der Waals surface area contributed by atoms with Crippen molar-refractivity contribution in [3.8, 4) is 0 Å². The van der Waals surface area contributed by atoms with Crippen LogP contribution in [0.5, 0.6) is 0 Å². The molecular formula is C10H15N3O3. The number of hydrogen-bond donors (Lipinski definition) is 2. The first-order valence-corrected chi connectivity index (χ1v) is 5.12. The summed E-state index contributed by atoms with van der Waals surface area (Å²) in [5.74, 6) is -0.955. The summed E-state index contributed by atoms with van der Waals surface area (Å²) >= 11 is 0. The van der Waals surface area contributed by atoms with Gasteiger partial charge in [0.15, 0.2) is 0 Å². The van der Waals surface area contributed by atoms with Gasteiger partial charge in [-0.1, -0.05) is 6.92 Å². The lowest BCUT2D eigenvalue weighted by Crippen LogP contribution is -2.25. The maximum Gasteiger partial charge on any atom is 0.305 e. The minimum absolute atomic E-state index is 0.145. The van der Waals surface area contributed by atoms with Gasteiger partial charge in [0, 0.05) is 12.7 Å². The third-order valence-corrected chi connectivity index (χ3v) is 2.19. The molecule has 0 radical (unpaired) electrons. The molecule has 0 aliphatic heterocycles. The van der Waals surface area contributed by atoms with Gasteiger partial charge in [0.25, 0.3) is 0 Å². The van der Waals surface area contributed by atoms with E-state index in [1.807, 2.05) is 6.92 Å². The fourth-order valence-electron chi connectivity index (χ4n) is 1.54. The lowest BCUT2D eigenvalue weighted by atomic mass is 10.1. The van der Waals surface area contributed by atoms with Crippen molar-refractivity contribution in [1.29, 1.82) is 0 Å². The first-order valence-electron chi connectivity index (χ1n) is 5.12. The molecule has 1 atom stereocenters. The Morgan fingerprint density at radius 2 is 2.50 bits per heavy atom. The van der Waals surface area contributed by atoms with Crippen LogP contribution in [0.25, 0.3) is 0 Å². The summed E-state index contributed by atoms with van der Waals surface area (Å²) in [4.78, 5) is 21.1. The fourth-order valence-corrected chi connectivity index (χ4v) is 1.54. The van der Waals surface area contributed by atoms with Crippen LogP contribution >= 0.6 is 0 Å². The molecule has 0 spiro atoms. The Kier molecular flexibility index (Phi) is 4.50. The Balaban J connectivity index is 2.86. The van der Waals surface area contributed by atoms with E-state index in [9.17, 15) is 9.59 Å². The molecule has 1 aromatic rings. The topological polar surface area (TPSA) is 84.2 Å². The van der Waals surface area contributed by atoms with Crippen LogP contribution in [-0.2, 0) is 16.1 Å². The third-order valence-electron chi connectivity index (χ3n) is 2.19. The molecular weight excluding hydrogens is 210 g/mol. The summed E-state index contributed by atoms with van der Waals surface area (Å²) in [5, 5.41) is 15.3. The Morgan fingerprint density at radius 1 is 1.75 bits per heavy atom. The van der Waals surface area contributed by atoms with Crippen LogP contribution in [0.4, 0.5) is 0 Å². The fraction of sp³-hybridized carbons (Fsp3) is 0.500. The molecule has 0 aliphatic rings. The van der Waals surface area contributed by atoms with Gasteiger partial charge < -0.3 is 10.4 Å². The smallest absolute Gasteiger partial charge is 0.305 e. The van der Waals surface area contributed by atoms with E-state index in [-0.39, 0.29) is 6.42 Å². The molecule has 0 aromatic carbocycles. The minimum Gasteiger partial charge on any atom is -0.481 e. The van der Waals surface area contributed by atoms with Gasteiger partial charge in [-0.05, 0) is 12.5 Å². The predicted octanol–water partition coefficient (Wildman–Crippen LogP) is 0.555. The highest BCUT2D eigenvalue weighted by Crippen LogP contribution is 2.16. The summed E-state index contributed by atoms with van der Waals surface area (Å²) in [6.07, 6.45) is 2.87. The molecule has 6 heteroatoms. The van der Waals surface area contributed by atoms with Crippen LogP contribution < -0.4 is 5.32 Å². The monoisotopic (exact) mass is 225 g/mol. The van der Waals surface area contributed by atoms with Crippen LogP contribution in [0.3, 0.4) is 0 Å². The van der Waals surface area contributed by atoms with E-state index in [0.717, 1.165) is 12.1 Å². The SMILES string of the molecule is CCCn1nccc1[C@@H](CC(=O)O)NC=O.